The van der Waals surface area contributed by atoms with Crippen LogP contribution in [-0.4, -0.2) is 105 Å². The van der Waals surface area contributed by atoms with Gasteiger partial charge in [0.2, 0.25) is 5.91 Å². The summed E-state index contributed by atoms with van der Waals surface area (Å²) in [4.78, 5) is 30.8. The highest BCUT2D eigenvalue weighted by molar-refractivity contribution is 8.00. The van der Waals surface area contributed by atoms with Gasteiger partial charge in [0.15, 0.2) is 16.1 Å². The standard InChI is InChI=1S/C27H32FN9O2S2/c1-4-20-24(34(3)25-31-23(21(11-29)40-25)16-5-7-17(28)8-6-16)37-26(30-20)41-27(32-37)35-10-9-18(12-35)33(2)15-22(39)36-13-19(38)14-36/h5-8,18-19,27,32,38H,4,9-10,12-15H2,1-3H3/t18-,27?/m1/s1. The third kappa shape index (κ3) is 5.28. The Morgan fingerprint density at radius 3 is 2.68 bits per heavy atom. The number of anilines is 2. The number of likely N-dealkylation sites (N-methyl/N-ethyl adjacent to an activating group) is 1. The van der Waals surface area contributed by atoms with Crippen molar-refractivity contribution in [3.05, 3.63) is 40.7 Å². The fraction of sp³-hybridized carbons (Fsp3) is 0.481. The highest BCUT2D eigenvalue weighted by Crippen LogP contribution is 2.41. The van der Waals surface area contributed by atoms with Crippen LogP contribution in [0.15, 0.2) is 29.4 Å². The van der Waals surface area contributed by atoms with Crippen molar-refractivity contribution in [3.63, 3.8) is 0 Å². The number of carbonyl (C=O) groups excluding carboxylic acids is 1. The lowest BCUT2D eigenvalue weighted by Crippen LogP contribution is -2.56. The maximum absolute atomic E-state index is 13.5. The number of thioether (sulfide) groups is 1. The van der Waals surface area contributed by atoms with Gasteiger partial charge in [0.05, 0.1) is 18.3 Å². The van der Waals surface area contributed by atoms with Gasteiger partial charge in [-0.3, -0.25) is 20.0 Å². The number of likely N-dealkylation sites (tertiary alicyclic amines) is 2. The van der Waals surface area contributed by atoms with Crippen molar-refractivity contribution in [2.24, 2.45) is 0 Å². The van der Waals surface area contributed by atoms with Crippen molar-refractivity contribution >= 4 is 40.0 Å². The van der Waals surface area contributed by atoms with Gasteiger partial charge in [0, 0.05) is 44.8 Å². The molecule has 0 saturated carbocycles. The SMILES string of the molecule is CCc1nc2n(c1N(C)c1nc(-c3ccc(F)cc3)c(C#N)s1)NC(N1CC[C@@H](N(C)CC(=O)N3CC(O)C3)C1)S2. The number of imidazole rings is 1. The Kier molecular flexibility index (Phi) is 7.64. The first-order chi connectivity index (χ1) is 19.7. The molecule has 216 valence electrons. The van der Waals surface area contributed by atoms with Crippen LogP contribution < -0.4 is 10.3 Å². The second-order valence-electron chi connectivity index (χ2n) is 10.6. The van der Waals surface area contributed by atoms with Gasteiger partial charge in [-0.2, -0.15) is 5.26 Å². The number of thiazole rings is 1. The molecule has 3 aliphatic heterocycles. The maximum Gasteiger partial charge on any atom is 0.236 e. The van der Waals surface area contributed by atoms with Crippen molar-refractivity contribution in [1.82, 2.24) is 29.3 Å². The molecule has 11 nitrogen and oxygen atoms in total. The first kappa shape index (κ1) is 27.9. The second kappa shape index (κ2) is 11.2. The second-order valence-corrected chi connectivity index (χ2v) is 12.6. The number of aryl methyl sites for hydroxylation is 1. The summed E-state index contributed by atoms with van der Waals surface area (Å²) < 4.78 is 15.5. The summed E-state index contributed by atoms with van der Waals surface area (Å²) in [6.07, 6.45) is 1.30. The average molecular weight is 598 g/mol. The molecule has 3 aliphatic rings. The Morgan fingerprint density at radius 2 is 2.00 bits per heavy atom. The number of aliphatic hydroxyl groups excluding tert-OH is 1. The zero-order chi connectivity index (χ0) is 28.8. The summed E-state index contributed by atoms with van der Waals surface area (Å²) >= 11 is 2.96. The van der Waals surface area contributed by atoms with Crippen molar-refractivity contribution in [3.8, 4) is 17.3 Å². The van der Waals surface area contributed by atoms with Crippen molar-refractivity contribution in [2.75, 3.05) is 57.1 Å². The Hall–Kier alpha value is -3.22. The van der Waals surface area contributed by atoms with Gasteiger partial charge in [0.1, 0.15) is 28.0 Å². The zero-order valence-corrected chi connectivity index (χ0v) is 24.8. The molecular weight excluding hydrogens is 565 g/mol. The van der Waals surface area contributed by atoms with E-state index in [9.17, 15) is 19.6 Å². The molecule has 0 radical (unpaired) electrons. The molecule has 0 bridgehead atoms. The smallest absolute Gasteiger partial charge is 0.236 e. The van der Waals surface area contributed by atoms with E-state index < -0.39 is 0 Å². The van der Waals surface area contributed by atoms with Gasteiger partial charge in [-0.05, 0) is 55.9 Å². The van der Waals surface area contributed by atoms with Gasteiger partial charge < -0.3 is 14.9 Å². The molecule has 41 heavy (non-hydrogen) atoms. The highest BCUT2D eigenvalue weighted by atomic mass is 32.2. The van der Waals surface area contributed by atoms with E-state index >= 15 is 0 Å². The Bertz CT molecular complexity index is 1480. The number of hydrogen-bond donors (Lipinski definition) is 2. The third-order valence-corrected chi connectivity index (χ3v) is 10.0. The molecule has 3 aromatic rings. The van der Waals surface area contributed by atoms with E-state index in [1.165, 1.54) is 23.5 Å². The molecule has 1 aromatic carbocycles. The minimum absolute atomic E-state index is 0.00377. The molecule has 2 atom stereocenters. The fourth-order valence-corrected chi connectivity index (χ4v) is 7.42. The molecule has 1 amide bonds. The number of halogens is 1. The summed E-state index contributed by atoms with van der Waals surface area (Å²) in [6.45, 7) is 5.00. The predicted octanol–water partition coefficient (Wildman–Crippen LogP) is 2.49. The van der Waals surface area contributed by atoms with Gasteiger partial charge >= 0.3 is 0 Å². The van der Waals surface area contributed by atoms with E-state index in [4.69, 9.17) is 9.97 Å². The summed E-state index contributed by atoms with van der Waals surface area (Å²) in [6, 6.07) is 8.52. The number of amides is 1. The van der Waals surface area contributed by atoms with E-state index in [0.29, 0.717) is 40.9 Å². The average Bonchev–Trinajstić information content (AvgIpc) is 3.73. The monoisotopic (exact) mass is 597 g/mol. The lowest BCUT2D eigenvalue weighted by Gasteiger charge is -2.37. The minimum Gasteiger partial charge on any atom is -0.389 e. The molecule has 0 aliphatic carbocycles. The number of carbonyl (C=O) groups is 1. The van der Waals surface area contributed by atoms with E-state index in [-0.39, 0.29) is 29.4 Å². The highest BCUT2D eigenvalue weighted by Gasteiger charge is 2.38. The van der Waals surface area contributed by atoms with E-state index in [1.54, 1.807) is 28.8 Å². The number of rotatable bonds is 8. The van der Waals surface area contributed by atoms with E-state index in [2.05, 4.69) is 28.2 Å². The number of benzene rings is 1. The van der Waals surface area contributed by atoms with Crippen molar-refractivity contribution in [1.29, 1.82) is 5.26 Å². The number of nitrogens with one attached hydrogen (secondary N) is 1. The van der Waals surface area contributed by atoms with Crippen LogP contribution in [-0.2, 0) is 11.2 Å². The number of nitrogens with zero attached hydrogens (tertiary/aromatic N) is 8. The molecule has 1 unspecified atom stereocenters. The van der Waals surface area contributed by atoms with Gasteiger partial charge in [-0.15, -0.1) is 0 Å². The summed E-state index contributed by atoms with van der Waals surface area (Å²) in [7, 11) is 3.92. The normalized spacial score (nSPS) is 20.7. The van der Waals surface area contributed by atoms with Crippen LogP contribution in [0.25, 0.3) is 11.3 Å². The van der Waals surface area contributed by atoms with Crippen LogP contribution >= 0.6 is 23.1 Å². The van der Waals surface area contributed by atoms with Crippen LogP contribution in [0.4, 0.5) is 15.3 Å². The van der Waals surface area contributed by atoms with Crippen molar-refractivity contribution in [2.45, 2.75) is 42.6 Å². The van der Waals surface area contributed by atoms with E-state index in [0.717, 1.165) is 42.6 Å². The van der Waals surface area contributed by atoms with Crippen LogP contribution in [0.2, 0.25) is 0 Å². The Morgan fingerprint density at radius 1 is 1.24 bits per heavy atom. The molecular formula is C27H32FN9O2S2. The molecule has 2 N–H and O–H groups in total. The van der Waals surface area contributed by atoms with Crippen LogP contribution in [0, 0.1) is 17.1 Å². The zero-order valence-electron chi connectivity index (χ0n) is 23.1. The minimum atomic E-state index is -0.388. The van der Waals surface area contributed by atoms with Crippen LogP contribution in [0.1, 0.15) is 23.9 Å². The molecule has 5 heterocycles. The Labute approximate surface area is 246 Å². The molecule has 6 rings (SSSR count). The third-order valence-electron chi connectivity index (χ3n) is 7.87. The number of aliphatic hydroxyl groups is 1. The molecule has 14 heteroatoms. The maximum atomic E-state index is 13.5. The lowest BCUT2D eigenvalue weighted by atomic mass is 10.1. The van der Waals surface area contributed by atoms with Gasteiger partial charge in [-0.25, -0.2) is 19.0 Å². The summed E-state index contributed by atoms with van der Waals surface area (Å²) in [5.74, 6) is 0.600. The quantitative estimate of drug-likeness (QED) is 0.401. The number of β-amino-alcohol motifs (C(OH)–C–C–N with tert-alkyl or cyclic N) is 1. The topological polar surface area (TPSA) is 117 Å². The number of aromatic nitrogens is 3. The van der Waals surface area contributed by atoms with E-state index in [1.807, 2.05) is 23.7 Å². The fourth-order valence-electron chi connectivity index (χ4n) is 5.47. The lowest BCUT2D eigenvalue weighted by molar-refractivity contribution is -0.142. The Balaban J connectivity index is 1.16. The number of hydrogen-bond acceptors (Lipinski definition) is 11. The summed E-state index contributed by atoms with van der Waals surface area (Å²) in [5.41, 5.74) is 5.77. The first-order valence-corrected chi connectivity index (χ1v) is 15.3. The summed E-state index contributed by atoms with van der Waals surface area (Å²) in [5, 5.41) is 20.8. The molecule has 2 aromatic heterocycles. The largest absolute Gasteiger partial charge is 0.389 e. The molecule has 0 spiro atoms. The van der Waals surface area contributed by atoms with Crippen LogP contribution in [0.5, 0.6) is 0 Å². The number of nitriles is 1. The van der Waals surface area contributed by atoms with Gasteiger partial charge in [-0.1, -0.05) is 18.3 Å². The van der Waals surface area contributed by atoms with Gasteiger partial charge in [0.25, 0.3) is 0 Å². The first-order valence-electron chi connectivity index (χ1n) is 13.6. The number of fused-ring (bicyclic) bond motifs is 1. The van der Waals surface area contributed by atoms with Crippen molar-refractivity contribution < 1.29 is 14.3 Å². The predicted molar refractivity (Wildman–Crippen MR) is 156 cm³/mol. The molecule has 2 fully saturated rings. The molecule has 2 saturated heterocycles. The van der Waals surface area contributed by atoms with Crippen LogP contribution in [0.3, 0.4) is 0 Å².